The van der Waals surface area contributed by atoms with E-state index in [1.807, 2.05) is 6.07 Å². The molecule has 1 fully saturated rings. The molecule has 3 N–H and O–H groups in total. The van der Waals surface area contributed by atoms with Crippen LogP contribution in [-0.4, -0.2) is 43.6 Å². The molecular weight excluding hydrogens is 328 g/mol. The Morgan fingerprint density at radius 3 is 2.81 bits per heavy atom. The molecule has 7 nitrogen and oxygen atoms in total. The Labute approximate surface area is 153 Å². The Bertz CT molecular complexity index is 798. The van der Waals surface area contributed by atoms with Crippen molar-refractivity contribution in [3.05, 3.63) is 42.0 Å². The smallest absolute Gasteiger partial charge is 0.150 e. The van der Waals surface area contributed by atoms with Gasteiger partial charge in [-0.05, 0) is 50.1 Å². The van der Waals surface area contributed by atoms with Gasteiger partial charge < -0.3 is 20.6 Å². The molecule has 1 aliphatic carbocycles. The van der Waals surface area contributed by atoms with Gasteiger partial charge in [0, 0.05) is 31.0 Å². The summed E-state index contributed by atoms with van der Waals surface area (Å²) in [7, 11) is 0. The lowest BCUT2D eigenvalue weighted by Gasteiger charge is -2.42. The van der Waals surface area contributed by atoms with Crippen LogP contribution in [0.5, 0.6) is 0 Å². The number of rotatable bonds is 6. The van der Waals surface area contributed by atoms with Gasteiger partial charge in [-0.1, -0.05) is 0 Å². The molecule has 0 spiro atoms. The van der Waals surface area contributed by atoms with Crippen LogP contribution in [0, 0.1) is 0 Å². The number of fused-ring (bicyclic) bond motifs is 1. The van der Waals surface area contributed by atoms with Crippen LogP contribution in [0.1, 0.15) is 37.3 Å². The quantitative estimate of drug-likeness (QED) is 0.737. The van der Waals surface area contributed by atoms with Crippen molar-refractivity contribution in [3.8, 4) is 0 Å². The fraction of sp³-hybridized carbons (Fsp3) is 0.421. The predicted molar refractivity (Wildman–Crippen MR) is 102 cm³/mol. The van der Waals surface area contributed by atoms with Gasteiger partial charge in [0.05, 0.1) is 18.3 Å². The minimum Gasteiger partial charge on any atom is -0.394 e. The lowest BCUT2D eigenvalue weighted by molar-refractivity contribution is 0.143. The minimum absolute atomic E-state index is 0.124. The maximum atomic E-state index is 9.86. The summed E-state index contributed by atoms with van der Waals surface area (Å²) in [6.45, 7) is 4.02. The number of aliphatic hydroxyl groups excluding tert-OH is 1. The molecule has 1 aliphatic heterocycles. The van der Waals surface area contributed by atoms with Crippen molar-refractivity contribution in [2.75, 3.05) is 23.8 Å². The topological polar surface area (TPSA) is 86.2 Å². The van der Waals surface area contributed by atoms with Crippen LogP contribution in [0.2, 0.25) is 0 Å². The monoisotopic (exact) mass is 352 g/mol. The number of hydrogen-bond acceptors (Lipinski definition) is 7. The molecule has 0 aromatic carbocycles. The molecule has 2 aromatic rings. The van der Waals surface area contributed by atoms with Crippen LogP contribution in [-0.2, 0) is 6.54 Å². The van der Waals surface area contributed by atoms with Crippen molar-refractivity contribution >= 4 is 23.5 Å². The summed E-state index contributed by atoms with van der Waals surface area (Å²) in [6, 6.07) is 2.03. The number of aliphatic hydroxyl groups is 1. The summed E-state index contributed by atoms with van der Waals surface area (Å²) >= 11 is 0. The normalized spacial score (nSPS) is 17.4. The molecule has 4 rings (SSSR count). The van der Waals surface area contributed by atoms with E-state index in [9.17, 15) is 5.11 Å². The molecule has 3 heterocycles. The molecular formula is C19H24N6O. The third-order valence-electron chi connectivity index (χ3n) is 5.21. The van der Waals surface area contributed by atoms with E-state index in [2.05, 4.69) is 44.7 Å². The first-order valence-corrected chi connectivity index (χ1v) is 9.09. The van der Waals surface area contributed by atoms with Crippen LogP contribution in [0.4, 0.5) is 17.5 Å². The third kappa shape index (κ3) is 3.22. The molecule has 0 atom stereocenters. The first kappa shape index (κ1) is 16.8. The van der Waals surface area contributed by atoms with E-state index in [0.29, 0.717) is 11.6 Å². The Hall–Kier alpha value is -2.67. The molecule has 2 aromatic heterocycles. The Morgan fingerprint density at radius 1 is 1.27 bits per heavy atom. The van der Waals surface area contributed by atoms with Crippen molar-refractivity contribution in [3.63, 3.8) is 0 Å². The van der Waals surface area contributed by atoms with E-state index in [4.69, 9.17) is 4.98 Å². The van der Waals surface area contributed by atoms with Crippen LogP contribution >= 0.6 is 0 Å². The summed E-state index contributed by atoms with van der Waals surface area (Å²) < 4.78 is 0. The summed E-state index contributed by atoms with van der Waals surface area (Å²) in [5.41, 5.74) is 2.05. The second-order valence-electron chi connectivity index (χ2n) is 6.94. The fourth-order valence-electron chi connectivity index (χ4n) is 3.40. The molecule has 136 valence electrons. The van der Waals surface area contributed by atoms with Gasteiger partial charge in [0.15, 0.2) is 0 Å². The maximum Gasteiger partial charge on any atom is 0.150 e. The van der Waals surface area contributed by atoms with Crippen LogP contribution in [0.3, 0.4) is 0 Å². The van der Waals surface area contributed by atoms with Gasteiger partial charge in [0.2, 0.25) is 0 Å². The summed E-state index contributed by atoms with van der Waals surface area (Å²) in [5.74, 6) is 2.21. The lowest BCUT2D eigenvalue weighted by Crippen LogP contribution is -2.49. The van der Waals surface area contributed by atoms with Gasteiger partial charge in [-0.3, -0.25) is 4.98 Å². The molecule has 0 amide bonds. The number of anilines is 3. The average molecular weight is 352 g/mol. The largest absolute Gasteiger partial charge is 0.394 e. The van der Waals surface area contributed by atoms with Crippen molar-refractivity contribution in [2.45, 2.75) is 38.3 Å². The number of aromatic nitrogens is 3. The number of pyridine rings is 1. The highest BCUT2D eigenvalue weighted by Gasteiger charge is 2.37. The van der Waals surface area contributed by atoms with Crippen LogP contribution in [0.25, 0.3) is 6.08 Å². The van der Waals surface area contributed by atoms with Gasteiger partial charge in [0.1, 0.15) is 17.5 Å². The highest BCUT2D eigenvalue weighted by atomic mass is 16.3. The number of hydrogen-bond donors (Lipinski definition) is 3. The fourth-order valence-corrected chi connectivity index (χ4v) is 3.40. The highest BCUT2D eigenvalue weighted by Crippen LogP contribution is 2.37. The second kappa shape index (κ2) is 6.92. The van der Waals surface area contributed by atoms with Gasteiger partial charge in [-0.2, -0.15) is 0 Å². The first-order valence-electron chi connectivity index (χ1n) is 9.09. The van der Waals surface area contributed by atoms with E-state index in [1.54, 1.807) is 18.6 Å². The van der Waals surface area contributed by atoms with E-state index < -0.39 is 0 Å². The molecule has 0 bridgehead atoms. The van der Waals surface area contributed by atoms with E-state index in [1.165, 1.54) is 5.56 Å². The molecule has 0 saturated heterocycles. The summed E-state index contributed by atoms with van der Waals surface area (Å²) in [5, 5.41) is 16.6. The van der Waals surface area contributed by atoms with Crippen LogP contribution < -0.4 is 10.6 Å². The third-order valence-corrected chi connectivity index (χ3v) is 5.21. The molecule has 26 heavy (non-hydrogen) atoms. The Balaban J connectivity index is 1.70. The molecule has 1 saturated carbocycles. The van der Waals surface area contributed by atoms with Crippen molar-refractivity contribution in [1.82, 2.24) is 19.9 Å². The predicted octanol–water partition coefficient (Wildman–Crippen LogP) is 2.75. The molecule has 2 aliphatic rings. The van der Waals surface area contributed by atoms with Gasteiger partial charge in [-0.15, -0.1) is 0 Å². The van der Waals surface area contributed by atoms with Crippen LogP contribution in [0.15, 0.2) is 30.9 Å². The Kier molecular flexibility index (Phi) is 4.46. The standard InChI is InChI=1S/C19H24N6O/c1-2-25-9-4-14-10-16(22-17-11-20-7-8-21-17)23-18(15(14)12-25)24-19(13-26)5-3-6-19/h4,7-11,26H,2-3,5-6,12-13H2,1H3,(H2,21,22,23,24). The highest BCUT2D eigenvalue weighted by molar-refractivity contribution is 5.69. The zero-order valence-corrected chi connectivity index (χ0v) is 14.9. The summed E-state index contributed by atoms with van der Waals surface area (Å²) in [4.78, 5) is 15.4. The van der Waals surface area contributed by atoms with Gasteiger partial charge in [-0.25, -0.2) is 9.97 Å². The van der Waals surface area contributed by atoms with Gasteiger partial charge in [0.25, 0.3) is 0 Å². The Morgan fingerprint density at radius 2 is 2.15 bits per heavy atom. The number of nitrogens with zero attached hydrogens (tertiary/aromatic N) is 4. The second-order valence-corrected chi connectivity index (χ2v) is 6.94. The van der Waals surface area contributed by atoms with E-state index in [0.717, 1.165) is 43.7 Å². The minimum atomic E-state index is -0.246. The number of nitrogens with one attached hydrogen (secondary N) is 2. The molecule has 0 unspecified atom stereocenters. The van der Waals surface area contributed by atoms with Crippen molar-refractivity contribution in [1.29, 1.82) is 0 Å². The SMILES string of the molecule is CCN1C=Cc2cc(Nc3cnccn3)nc(NC3(CO)CCC3)c2C1. The van der Waals surface area contributed by atoms with Crippen molar-refractivity contribution in [2.24, 2.45) is 0 Å². The zero-order valence-electron chi connectivity index (χ0n) is 14.9. The lowest BCUT2D eigenvalue weighted by atomic mass is 9.77. The average Bonchev–Trinajstić information content (AvgIpc) is 2.65. The zero-order chi connectivity index (χ0) is 18.0. The van der Waals surface area contributed by atoms with Gasteiger partial charge >= 0.3 is 0 Å². The van der Waals surface area contributed by atoms with E-state index >= 15 is 0 Å². The maximum absolute atomic E-state index is 9.86. The molecule has 7 heteroatoms. The first-order chi connectivity index (χ1) is 12.7. The molecule has 0 radical (unpaired) electrons. The summed E-state index contributed by atoms with van der Waals surface area (Å²) in [6.07, 6.45) is 12.3. The van der Waals surface area contributed by atoms with E-state index in [-0.39, 0.29) is 12.1 Å². The van der Waals surface area contributed by atoms with Crippen molar-refractivity contribution < 1.29 is 5.11 Å².